The molecule has 0 unspecified atom stereocenters. The Labute approximate surface area is 183 Å². The molecule has 7 heteroatoms. The summed E-state index contributed by atoms with van der Waals surface area (Å²) < 4.78 is 11.7. The first-order valence-electron chi connectivity index (χ1n) is 11.0. The van der Waals surface area contributed by atoms with Crippen LogP contribution in [0, 0.1) is 0 Å². The van der Waals surface area contributed by atoms with Gasteiger partial charge in [-0.1, -0.05) is 12.1 Å². The maximum atomic E-state index is 12.6. The van der Waals surface area contributed by atoms with Gasteiger partial charge in [0, 0.05) is 50.3 Å². The van der Waals surface area contributed by atoms with Crippen LogP contribution in [0.3, 0.4) is 0 Å². The fraction of sp³-hybridized carbons (Fsp3) is 0.458. The first-order chi connectivity index (χ1) is 15.0. The number of aromatic hydroxyl groups is 1. The molecule has 2 heterocycles. The number of fused-ring (bicyclic) bond motifs is 1. The van der Waals surface area contributed by atoms with Crippen LogP contribution in [0.4, 0.5) is 5.69 Å². The second-order valence-corrected chi connectivity index (χ2v) is 8.16. The summed E-state index contributed by atoms with van der Waals surface area (Å²) in [5, 5.41) is 13.1. The second kappa shape index (κ2) is 9.47. The normalized spacial score (nSPS) is 18.4. The number of piperazine rings is 1. The van der Waals surface area contributed by atoms with E-state index in [1.54, 1.807) is 6.07 Å². The van der Waals surface area contributed by atoms with Gasteiger partial charge in [-0.05, 0) is 38.1 Å². The number of hydrogen-bond donors (Lipinski definition) is 2. The Kier molecular flexibility index (Phi) is 6.51. The van der Waals surface area contributed by atoms with Crippen molar-refractivity contribution in [1.29, 1.82) is 0 Å². The molecular weight excluding hydrogens is 394 g/mol. The predicted molar refractivity (Wildman–Crippen MR) is 120 cm³/mol. The third-order valence-electron chi connectivity index (χ3n) is 5.82. The van der Waals surface area contributed by atoms with Gasteiger partial charge in [-0.25, -0.2) is 0 Å². The number of hydrogen-bond acceptors (Lipinski definition) is 6. The van der Waals surface area contributed by atoms with Crippen molar-refractivity contribution >= 4 is 11.6 Å². The van der Waals surface area contributed by atoms with Crippen molar-refractivity contribution in [3.8, 4) is 17.2 Å². The summed E-state index contributed by atoms with van der Waals surface area (Å²) in [5.41, 5.74) is 2.95. The Morgan fingerprint density at radius 2 is 2.00 bits per heavy atom. The van der Waals surface area contributed by atoms with Crippen LogP contribution in [-0.4, -0.2) is 61.3 Å². The zero-order valence-electron chi connectivity index (χ0n) is 18.3. The second-order valence-electron chi connectivity index (χ2n) is 8.16. The number of ether oxygens (including phenoxy) is 2. The lowest BCUT2D eigenvalue weighted by Crippen LogP contribution is -2.49. The van der Waals surface area contributed by atoms with E-state index in [4.69, 9.17) is 9.47 Å². The Hall–Kier alpha value is -2.93. The highest BCUT2D eigenvalue weighted by atomic mass is 16.5. The zero-order chi connectivity index (χ0) is 21.8. The number of amides is 1. The Balaban J connectivity index is 1.29. The van der Waals surface area contributed by atoms with Crippen LogP contribution in [-0.2, 0) is 17.8 Å². The lowest BCUT2D eigenvalue weighted by Gasteiger charge is -2.35. The third-order valence-corrected chi connectivity index (χ3v) is 5.82. The quantitative estimate of drug-likeness (QED) is 0.710. The third kappa shape index (κ3) is 5.05. The molecule has 2 aliphatic rings. The van der Waals surface area contributed by atoms with E-state index in [0.29, 0.717) is 25.4 Å². The molecule has 2 aliphatic heterocycles. The lowest BCUT2D eigenvalue weighted by molar-refractivity contribution is -0.122. The van der Waals surface area contributed by atoms with Crippen molar-refractivity contribution in [2.75, 3.05) is 44.2 Å². The molecule has 0 aromatic heterocycles. The highest BCUT2D eigenvalue weighted by Crippen LogP contribution is 2.35. The van der Waals surface area contributed by atoms with Crippen LogP contribution in [0.25, 0.3) is 0 Å². The van der Waals surface area contributed by atoms with E-state index in [2.05, 4.69) is 22.0 Å². The van der Waals surface area contributed by atoms with Gasteiger partial charge in [0.25, 0.3) is 0 Å². The minimum absolute atomic E-state index is 0.00626. The number of carbonyl (C=O) groups excluding carboxylic acids is 1. The van der Waals surface area contributed by atoms with E-state index in [1.165, 1.54) is 0 Å². The van der Waals surface area contributed by atoms with E-state index < -0.39 is 0 Å². The van der Waals surface area contributed by atoms with Crippen LogP contribution in [0.1, 0.15) is 25.0 Å². The molecule has 31 heavy (non-hydrogen) atoms. The number of nitrogens with zero attached hydrogens (tertiary/aromatic N) is 2. The summed E-state index contributed by atoms with van der Waals surface area (Å²) in [6, 6.07) is 11.4. The van der Waals surface area contributed by atoms with Crippen molar-refractivity contribution in [3.63, 3.8) is 0 Å². The van der Waals surface area contributed by atoms with E-state index >= 15 is 0 Å². The maximum absolute atomic E-state index is 12.6. The molecule has 2 aromatic carbocycles. The number of benzene rings is 2. The molecule has 0 aliphatic carbocycles. The molecule has 4 rings (SSSR count). The minimum atomic E-state index is -0.00626. The highest BCUT2D eigenvalue weighted by Gasteiger charge is 2.23. The monoisotopic (exact) mass is 425 g/mol. The largest absolute Gasteiger partial charge is 0.506 e. The van der Waals surface area contributed by atoms with Gasteiger partial charge in [-0.2, -0.15) is 0 Å². The van der Waals surface area contributed by atoms with Crippen molar-refractivity contribution in [1.82, 2.24) is 10.2 Å². The van der Waals surface area contributed by atoms with E-state index in [-0.39, 0.29) is 12.0 Å². The van der Waals surface area contributed by atoms with Crippen molar-refractivity contribution in [2.24, 2.45) is 0 Å². The van der Waals surface area contributed by atoms with Crippen LogP contribution < -0.4 is 19.7 Å². The summed E-state index contributed by atoms with van der Waals surface area (Å²) in [6.45, 7) is 8.47. The first kappa shape index (κ1) is 21.3. The fourth-order valence-electron chi connectivity index (χ4n) is 4.24. The molecule has 1 amide bonds. The molecule has 1 fully saturated rings. The summed E-state index contributed by atoms with van der Waals surface area (Å²) in [7, 11) is 0. The molecule has 1 atom stereocenters. The van der Waals surface area contributed by atoms with Crippen LogP contribution >= 0.6 is 0 Å². The molecule has 0 spiro atoms. The number of phenolic OH excluding ortho intramolecular Hbond substituents is 1. The average Bonchev–Trinajstić information content (AvgIpc) is 3.12. The molecule has 0 bridgehead atoms. The van der Waals surface area contributed by atoms with Gasteiger partial charge in [0.2, 0.25) is 5.91 Å². The van der Waals surface area contributed by atoms with Gasteiger partial charge in [0.15, 0.2) is 0 Å². The topological polar surface area (TPSA) is 74.3 Å². The number of nitrogens with one attached hydrogen (secondary N) is 1. The summed E-state index contributed by atoms with van der Waals surface area (Å²) in [4.78, 5) is 16.9. The molecule has 2 aromatic rings. The van der Waals surface area contributed by atoms with Crippen LogP contribution in [0.5, 0.6) is 17.2 Å². The molecule has 7 nitrogen and oxygen atoms in total. The number of para-hydroxylation sites is 2. The Bertz CT molecular complexity index is 925. The van der Waals surface area contributed by atoms with E-state index in [1.807, 2.05) is 37.3 Å². The van der Waals surface area contributed by atoms with Crippen LogP contribution in [0.15, 0.2) is 36.4 Å². The van der Waals surface area contributed by atoms with Crippen molar-refractivity contribution in [3.05, 3.63) is 47.5 Å². The van der Waals surface area contributed by atoms with Crippen molar-refractivity contribution in [2.45, 2.75) is 32.9 Å². The molecule has 0 saturated carbocycles. The summed E-state index contributed by atoms with van der Waals surface area (Å²) in [5.74, 6) is 2.00. The molecule has 0 radical (unpaired) electrons. The Morgan fingerprint density at radius 3 is 2.74 bits per heavy atom. The van der Waals surface area contributed by atoms with Crippen LogP contribution in [0.2, 0.25) is 0 Å². The SMILES string of the molecule is CCOc1cc2c(cc1CNC(=O)CN1CCN(c3ccccc3O)CC1)O[C@H](C)C2. The fourth-order valence-corrected chi connectivity index (χ4v) is 4.24. The van der Waals surface area contributed by atoms with Gasteiger partial charge in [-0.15, -0.1) is 0 Å². The van der Waals surface area contributed by atoms with Gasteiger partial charge >= 0.3 is 0 Å². The van der Waals surface area contributed by atoms with Gasteiger partial charge in [-0.3, -0.25) is 9.69 Å². The first-order valence-corrected chi connectivity index (χ1v) is 11.0. The number of rotatable bonds is 7. The maximum Gasteiger partial charge on any atom is 0.234 e. The van der Waals surface area contributed by atoms with Gasteiger partial charge < -0.3 is 24.8 Å². The lowest BCUT2D eigenvalue weighted by atomic mass is 10.1. The minimum Gasteiger partial charge on any atom is -0.506 e. The molecule has 2 N–H and O–H groups in total. The standard InChI is InChI=1S/C24H31N3O4/c1-3-30-22-13-18-12-17(2)31-23(18)14-19(22)15-25-24(29)16-26-8-10-27(11-9-26)20-6-4-5-7-21(20)28/h4-7,13-14,17,28H,3,8-12,15-16H2,1-2H3,(H,25,29)/t17-/m1/s1. The number of anilines is 1. The smallest absolute Gasteiger partial charge is 0.234 e. The van der Waals surface area contributed by atoms with E-state index in [9.17, 15) is 9.90 Å². The van der Waals surface area contributed by atoms with Gasteiger partial charge in [0.1, 0.15) is 23.4 Å². The predicted octanol–water partition coefficient (Wildman–Crippen LogP) is 2.55. The van der Waals surface area contributed by atoms with E-state index in [0.717, 1.165) is 60.9 Å². The number of phenols is 1. The summed E-state index contributed by atoms with van der Waals surface area (Å²) >= 11 is 0. The molecule has 1 saturated heterocycles. The van der Waals surface area contributed by atoms with Gasteiger partial charge in [0.05, 0.1) is 18.8 Å². The number of carbonyl (C=O) groups is 1. The molecular formula is C24H31N3O4. The zero-order valence-corrected chi connectivity index (χ0v) is 18.3. The Morgan fingerprint density at radius 1 is 1.23 bits per heavy atom. The highest BCUT2D eigenvalue weighted by molar-refractivity contribution is 5.78. The summed E-state index contributed by atoms with van der Waals surface area (Å²) in [6.07, 6.45) is 1.06. The average molecular weight is 426 g/mol. The molecule has 166 valence electrons. The van der Waals surface area contributed by atoms with Crippen molar-refractivity contribution < 1.29 is 19.4 Å².